The van der Waals surface area contributed by atoms with Crippen molar-refractivity contribution in [2.45, 2.75) is 111 Å². The fourth-order valence-electron chi connectivity index (χ4n) is 4.57. The van der Waals surface area contributed by atoms with Crippen LogP contribution in [0.3, 0.4) is 0 Å². The van der Waals surface area contributed by atoms with Gasteiger partial charge in [0.2, 0.25) is 0 Å². The molecule has 7 atom stereocenters. The molecule has 1 aliphatic rings. The van der Waals surface area contributed by atoms with Gasteiger partial charge in [0.1, 0.15) is 12.2 Å². The molecule has 1 heterocycles. The molecule has 0 aliphatic carbocycles. The zero-order chi connectivity index (χ0) is 31.7. The number of cyclic esters (lactones) is 1. The predicted molar refractivity (Wildman–Crippen MR) is 168 cm³/mol. The van der Waals surface area contributed by atoms with Gasteiger partial charge in [-0.25, -0.2) is 0 Å². The molecular weight excluding hydrogens is 532 g/mol. The Balaban J connectivity index is 3.19. The molecule has 0 aromatic carbocycles. The van der Waals surface area contributed by atoms with Crippen molar-refractivity contribution in [3.8, 4) is 0 Å². The third kappa shape index (κ3) is 14.4. The SMILES string of the molecule is CCCC(O)CCC(C)C(O)C(C)C1CC=CC=CC=CC(O)C(=O)C(C)=CC=CC(C)=CC(O)C(C)=CCC(=O)O1. The van der Waals surface area contributed by atoms with E-state index >= 15 is 0 Å². The maximum atomic E-state index is 12.8. The molecule has 7 nitrogen and oxygen atoms in total. The van der Waals surface area contributed by atoms with Crippen molar-refractivity contribution in [1.29, 1.82) is 0 Å². The Labute approximate surface area is 252 Å². The van der Waals surface area contributed by atoms with E-state index in [1.807, 2.05) is 33.8 Å². The summed E-state index contributed by atoms with van der Waals surface area (Å²) in [4.78, 5) is 25.3. The third-order valence-electron chi connectivity index (χ3n) is 7.54. The number of Topliss-reactive ketones (excluding diaryl/α,β-unsaturated/α-hetero) is 1. The maximum Gasteiger partial charge on any atom is 0.309 e. The van der Waals surface area contributed by atoms with Gasteiger partial charge in [0.15, 0.2) is 5.78 Å². The van der Waals surface area contributed by atoms with Crippen LogP contribution in [0.5, 0.6) is 0 Å². The van der Waals surface area contributed by atoms with Gasteiger partial charge in [-0.2, -0.15) is 0 Å². The van der Waals surface area contributed by atoms with Crippen molar-refractivity contribution in [2.24, 2.45) is 11.8 Å². The molecule has 7 unspecified atom stereocenters. The molecule has 42 heavy (non-hydrogen) atoms. The Morgan fingerprint density at radius 3 is 2.31 bits per heavy atom. The average molecular weight is 585 g/mol. The molecule has 1 aliphatic heterocycles. The van der Waals surface area contributed by atoms with Gasteiger partial charge in [-0.15, -0.1) is 0 Å². The monoisotopic (exact) mass is 584 g/mol. The number of aliphatic hydroxyl groups excluding tert-OH is 4. The quantitative estimate of drug-likeness (QED) is 0.216. The molecule has 0 fully saturated rings. The minimum atomic E-state index is -1.27. The molecule has 0 spiro atoms. The normalized spacial score (nSPS) is 24.8. The van der Waals surface area contributed by atoms with Gasteiger partial charge in [0.25, 0.3) is 0 Å². The molecule has 4 N–H and O–H groups in total. The van der Waals surface area contributed by atoms with Gasteiger partial charge in [-0.05, 0) is 69.2 Å². The Kier molecular flexibility index (Phi) is 17.8. The van der Waals surface area contributed by atoms with E-state index < -0.39 is 36.2 Å². The lowest BCUT2D eigenvalue weighted by atomic mass is 9.85. The first-order chi connectivity index (χ1) is 19.9. The summed E-state index contributed by atoms with van der Waals surface area (Å²) in [6.45, 7) is 11.0. The fourth-order valence-corrected chi connectivity index (χ4v) is 4.57. The minimum absolute atomic E-state index is 0.0233. The number of allylic oxidation sites excluding steroid dienone is 8. The molecule has 234 valence electrons. The van der Waals surface area contributed by atoms with Crippen LogP contribution in [-0.4, -0.2) is 62.7 Å². The van der Waals surface area contributed by atoms with Crippen molar-refractivity contribution >= 4 is 11.8 Å². The smallest absolute Gasteiger partial charge is 0.309 e. The average Bonchev–Trinajstić information content (AvgIpc) is 2.95. The van der Waals surface area contributed by atoms with Gasteiger partial charge >= 0.3 is 5.97 Å². The Morgan fingerprint density at radius 2 is 1.62 bits per heavy atom. The van der Waals surface area contributed by atoms with E-state index in [2.05, 4.69) is 0 Å². The first-order valence-corrected chi connectivity index (χ1v) is 15.0. The summed E-state index contributed by atoms with van der Waals surface area (Å²) >= 11 is 0. The highest BCUT2D eigenvalue weighted by molar-refractivity contribution is 5.99. The molecule has 0 saturated carbocycles. The second-order valence-corrected chi connectivity index (χ2v) is 11.3. The molecule has 0 bridgehead atoms. The number of hydrogen-bond donors (Lipinski definition) is 4. The van der Waals surface area contributed by atoms with Crippen LogP contribution in [0, 0.1) is 11.8 Å². The van der Waals surface area contributed by atoms with Crippen molar-refractivity contribution < 1.29 is 34.8 Å². The van der Waals surface area contributed by atoms with E-state index in [1.165, 1.54) is 6.08 Å². The van der Waals surface area contributed by atoms with Gasteiger partial charge in [-0.1, -0.05) is 87.4 Å². The van der Waals surface area contributed by atoms with E-state index in [9.17, 15) is 30.0 Å². The van der Waals surface area contributed by atoms with Crippen LogP contribution in [0.2, 0.25) is 0 Å². The summed E-state index contributed by atoms with van der Waals surface area (Å²) in [5, 5.41) is 42.0. The predicted octanol–water partition coefficient (Wildman–Crippen LogP) is 5.62. The largest absolute Gasteiger partial charge is 0.461 e. The minimum Gasteiger partial charge on any atom is -0.461 e. The summed E-state index contributed by atoms with van der Waals surface area (Å²) in [5.41, 5.74) is 1.74. The molecule has 1 rings (SSSR count). The zero-order valence-electron chi connectivity index (χ0n) is 26.1. The van der Waals surface area contributed by atoms with Crippen LogP contribution in [0.1, 0.15) is 80.1 Å². The van der Waals surface area contributed by atoms with Gasteiger partial charge < -0.3 is 25.2 Å². The third-order valence-corrected chi connectivity index (χ3v) is 7.54. The van der Waals surface area contributed by atoms with Crippen LogP contribution < -0.4 is 0 Å². The van der Waals surface area contributed by atoms with Crippen molar-refractivity contribution in [1.82, 2.24) is 0 Å². The van der Waals surface area contributed by atoms with E-state index in [-0.39, 0.29) is 24.4 Å². The van der Waals surface area contributed by atoms with Crippen LogP contribution in [-0.2, 0) is 14.3 Å². The highest BCUT2D eigenvalue weighted by Gasteiger charge is 2.30. The molecule has 7 heteroatoms. The summed E-state index contributed by atoms with van der Waals surface area (Å²) in [6.07, 6.45) is 17.7. The Hall–Kier alpha value is -2.84. The number of rotatable bonds is 8. The van der Waals surface area contributed by atoms with Crippen molar-refractivity contribution in [2.75, 3.05) is 0 Å². The molecule has 0 aromatic heterocycles. The van der Waals surface area contributed by atoms with Crippen LogP contribution in [0.4, 0.5) is 0 Å². The molecule has 0 radical (unpaired) electrons. The number of ether oxygens (including phenoxy) is 1. The second kappa shape index (κ2) is 20.1. The zero-order valence-corrected chi connectivity index (χ0v) is 26.1. The first kappa shape index (κ1) is 37.2. The lowest BCUT2D eigenvalue weighted by Crippen LogP contribution is -2.37. The second-order valence-electron chi connectivity index (χ2n) is 11.3. The van der Waals surface area contributed by atoms with Crippen LogP contribution >= 0.6 is 0 Å². The van der Waals surface area contributed by atoms with Gasteiger partial charge in [-0.3, -0.25) is 9.59 Å². The molecular formula is C35H52O7. The van der Waals surface area contributed by atoms with Gasteiger partial charge in [0.05, 0.1) is 24.7 Å². The fraction of sp³-hybridized carbons (Fsp3) is 0.543. The number of esters is 1. The standard InChI is InChI=1S/C35H52O7/c1-7-14-29(36)21-19-27(5)34(40)28(6)32-18-12-10-8-9-11-17-30(37)35(41)26(4)16-13-15-24(2)23-31(38)25(3)20-22-33(39)42-32/h8-13,15-17,20,23,27-32,34,36-38,40H,7,14,18-19,21-22H2,1-6H3. The van der Waals surface area contributed by atoms with Gasteiger partial charge in [0, 0.05) is 12.3 Å². The lowest BCUT2D eigenvalue weighted by molar-refractivity contribution is -0.153. The van der Waals surface area contributed by atoms with Crippen molar-refractivity contribution in [3.63, 3.8) is 0 Å². The molecule has 0 amide bonds. The van der Waals surface area contributed by atoms with E-state index in [0.717, 1.165) is 18.4 Å². The summed E-state index contributed by atoms with van der Waals surface area (Å²) in [5.74, 6) is -1.32. The Morgan fingerprint density at radius 1 is 0.929 bits per heavy atom. The summed E-state index contributed by atoms with van der Waals surface area (Å²) < 4.78 is 5.83. The molecule has 0 saturated heterocycles. The van der Waals surface area contributed by atoms with Crippen LogP contribution in [0.15, 0.2) is 83.6 Å². The van der Waals surface area contributed by atoms with E-state index in [4.69, 9.17) is 4.74 Å². The number of hydrogen-bond acceptors (Lipinski definition) is 7. The number of carbonyl (C=O) groups excluding carboxylic acids is 2. The van der Waals surface area contributed by atoms with Crippen molar-refractivity contribution in [3.05, 3.63) is 83.6 Å². The Bertz CT molecular complexity index is 1060. The van der Waals surface area contributed by atoms with Crippen LogP contribution in [0.25, 0.3) is 0 Å². The highest BCUT2D eigenvalue weighted by Crippen LogP contribution is 2.26. The maximum absolute atomic E-state index is 12.8. The highest BCUT2D eigenvalue weighted by atomic mass is 16.5. The topological polar surface area (TPSA) is 124 Å². The summed E-state index contributed by atoms with van der Waals surface area (Å²) in [6, 6.07) is 0. The number of aliphatic hydroxyl groups is 4. The number of carbonyl (C=O) groups is 2. The number of ketones is 1. The first-order valence-electron chi connectivity index (χ1n) is 15.0. The summed E-state index contributed by atoms with van der Waals surface area (Å²) in [7, 11) is 0. The van der Waals surface area contributed by atoms with E-state index in [1.54, 1.807) is 68.5 Å². The lowest BCUT2D eigenvalue weighted by Gasteiger charge is -2.31. The molecule has 0 aromatic rings. The van der Waals surface area contributed by atoms with E-state index in [0.29, 0.717) is 30.4 Å².